The zero-order chi connectivity index (χ0) is 20.7. The van der Waals surface area contributed by atoms with Crippen molar-refractivity contribution in [2.45, 2.75) is 24.9 Å². The molecule has 1 aromatic heterocycles. The highest BCUT2D eigenvalue weighted by Gasteiger charge is 2.32. The summed E-state index contributed by atoms with van der Waals surface area (Å²) in [6.45, 7) is 3.54. The Balaban J connectivity index is 2.07. The summed E-state index contributed by atoms with van der Waals surface area (Å²) in [5, 5.41) is 5.64. The quantitative estimate of drug-likeness (QED) is 0.612. The van der Waals surface area contributed by atoms with Gasteiger partial charge in [0.2, 0.25) is 0 Å². The van der Waals surface area contributed by atoms with Crippen molar-refractivity contribution in [2.75, 3.05) is 4.72 Å². The number of aromatic nitrogens is 3. The molecule has 3 N–H and O–H groups in total. The average Bonchev–Trinajstić information content (AvgIpc) is 3.02. The van der Waals surface area contributed by atoms with E-state index in [1.807, 2.05) is 12.0 Å². The summed E-state index contributed by atoms with van der Waals surface area (Å²) in [6.07, 6.45) is -4.73. The summed E-state index contributed by atoms with van der Waals surface area (Å²) in [5.74, 6) is -0.150. The van der Waals surface area contributed by atoms with Gasteiger partial charge in [0.15, 0.2) is 5.82 Å². The number of H-pyrrole nitrogens is 2. The van der Waals surface area contributed by atoms with E-state index in [1.165, 1.54) is 12.1 Å². The molecule has 0 radical (unpaired) electrons. The van der Waals surface area contributed by atoms with Crippen molar-refractivity contribution in [3.05, 3.63) is 63.6 Å². The van der Waals surface area contributed by atoms with Crippen LogP contribution in [0.2, 0.25) is 0 Å². The third-order valence-electron chi connectivity index (χ3n) is 4.08. The Hall–Kier alpha value is -3.08. The molecule has 3 rings (SSSR count). The molecule has 0 saturated heterocycles. The van der Waals surface area contributed by atoms with Crippen LogP contribution in [0.15, 0.2) is 46.1 Å². The fourth-order valence-corrected chi connectivity index (χ4v) is 3.61. The fourth-order valence-electron chi connectivity index (χ4n) is 2.49. The third kappa shape index (κ3) is 4.09. The van der Waals surface area contributed by atoms with E-state index < -0.39 is 27.5 Å². The van der Waals surface area contributed by atoms with E-state index in [0.717, 1.165) is 23.3 Å². The monoisotopic (exact) mass is 412 g/mol. The van der Waals surface area contributed by atoms with Gasteiger partial charge in [-0.2, -0.15) is 18.3 Å². The molecular weight excluding hydrogens is 397 g/mol. The Morgan fingerprint density at radius 2 is 1.75 bits per heavy atom. The Labute approximate surface area is 157 Å². The van der Waals surface area contributed by atoms with Gasteiger partial charge in [-0.15, -0.1) is 0 Å². The van der Waals surface area contributed by atoms with E-state index in [1.54, 1.807) is 13.0 Å². The van der Waals surface area contributed by atoms with Crippen molar-refractivity contribution in [2.24, 2.45) is 0 Å². The van der Waals surface area contributed by atoms with E-state index in [2.05, 4.69) is 14.8 Å². The maximum Gasteiger partial charge on any atom is 0.416 e. The first-order valence-corrected chi connectivity index (χ1v) is 9.41. The Morgan fingerprint density at radius 1 is 1.04 bits per heavy atom. The predicted molar refractivity (Wildman–Crippen MR) is 96.4 cm³/mol. The molecule has 2 aromatic carbocycles. The van der Waals surface area contributed by atoms with Crippen LogP contribution < -0.4 is 10.4 Å². The zero-order valence-electron chi connectivity index (χ0n) is 14.7. The van der Waals surface area contributed by atoms with Gasteiger partial charge in [0.05, 0.1) is 16.1 Å². The second kappa shape index (κ2) is 6.82. The highest BCUT2D eigenvalue weighted by atomic mass is 32.2. The van der Waals surface area contributed by atoms with Crippen LogP contribution in [0.25, 0.3) is 11.4 Å². The summed E-state index contributed by atoms with van der Waals surface area (Å²) < 4.78 is 67.1. The number of hydrogen-bond donors (Lipinski definition) is 3. The summed E-state index contributed by atoms with van der Waals surface area (Å²) in [7, 11) is -4.13. The molecule has 148 valence electrons. The molecule has 0 spiro atoms. The first-order valence-electron chi connectivity index (χ1n) is 7.93. The SMILES string of the molecule is Cc1ccc(S(=O)(=O)Nc2cc(-c3n[nH]c(=O)[nH]3)cc(C(F)(F)F)c2)cc1C. The molecular formula is C17H15F3N4O3S. The lowest BCUT2D eigenvalue weighted by Gasteiger charge is -2.14. The molecule has 0 atom stereocenters. The molecule has 1 heterocycles. The van der Waals surface area contributed by atoms with Crippen molar-refractivity contribution in [1.82, 2.24) is 15.2 Å². The third-order valence-corrected chi connectivity index (χ3v) is 5.45. The second-order valence-corrected chi connectivity index (χ2v) is 7.86. The van der Waals surface area contributed by atoms with E-state index in [4.69, 9.17) is 0 Å². The Kier molecular flexibility index (Phi) is 4.79. The van der Waals surface area contributed by atoms with E-state index in [0.29, 0.717) is 6.07 Å². The first kappa shape index (κ1) is 19.7. The van der Waals surface area contributed by atoms with Gasteiger partial charge in [0, 0.05) is 5.56 Å². The number of rotatable bonds is 4. The van der Waals surface area contributed by atoms with Crippen LogP contribution in [-0.2, 0) is 16.2 Å². The van der Waals surface area contributed by atoms with Crippen molar-refractivity contribution >= 4 is 15.7 Å². The molecule has 3 aromatic rings. The van der Waals surface area contributed by atoms with Gasteiger partial charge in [0.1, 0.15) is 0 Å². The average molecular weight is 412 g/mol. The Bertz CT molecular complexity index is 1200. The van der Waals surface area contributed by atoms with Crippen molar-refractivity contribution < 1.29 is 21.6 Å². The minimum atomic E-state index is -4.73. The van der Waals surface area contributed by atoms with E-state index in [9.17, 15) is 26.4 Å². The molecule has 0 aliphatic rings. The van der Waals surface area contributed by atoms with Crippen molar-refractivity contribution in [3.8, 4) is 11.4 Å². The first-order chi connectivity index (χ1) is 13.0. The number of aromatic amines is 2. The number of nitrogens with zero attached hydrogens (tertiary/aromatic N) is 1. The largest absolute Gasteiger partial charge is 0.416 e. The second-order valence-electron chi connectivity index (χ2n) is 6.17. The fraction of sp³-hybridized carbons (Fsp3) is 0.176. The number of aryl methyl sites for hydroxylation is 2. The van der Waals surface area contributed by atoms with Crippen LogP contribution in [0, 0.1) is 13.8 Å². The molecule has 0 fully saturated rings. The number of hydrogen-bond acceptors (Lipinski definition) is 4. The molecule has 0 aliphatic carbocycles. The summed E-state index contributed by atoms with van der Waals surface area (Å²) in [4.78, 5) is 13.4. The van der Waals surface area contributed by atoms with Gasteiger partial charge < -0.3 is 0 Å². The molecule has 0 bridgehead atoms. The highest BCUT2D eigenvalue weighted by Crippen LogP contribution is 2.34. The van der Waals surface area contributed by atoms with Crippen LogP contribution in [0.5, 0.6) is 0 Å². The van der Waals surface area contributed by atoms with Crippen LogP contribution in [0.1, 0.15) is 16.7 Å². The molecule has 11 heteroatoms. The smallest absolute Gasteiger partial charge is 0.289 e. The highest BCUT2D eigenvalue weighted by molar-refractivity contribution is 7.92. The van der Waals surface area contributed by atoms with Gasteiger partial charge in [-0.05, 0) is 55.3 Å². The van der Waals surface area contributed by atoms with Crippen molar-refractivity contribution in [1.29, 1.82) is 0 Å². The van der Waals surface area contributed by atoms with Crippen LogP contribution in [-0.4, -0.2) is 23.6 Å². The lowest BCUT2D eigenvalue weighted by atomic mass is 10.1. The standard InChI is InChI=1S/C17H15F3N4O3S/c1-9-3-4-14(5-10(9)2)28(26,27)24-13-7-11(15-21-16(25)23-22-15)6-12(8-13)17(18,19)20/h3-8,24H,1-2H3,(H2,21,22,23,25). The van der Waals surface area contributed by atoms with Gasteiger partial charge in [-0.3, -0.25) is 9.71 Å². The summed E-state index contributed by atoms with van der Waals surface area (Å²) >= 11 is 0. The van der Waals surface area contributed by atoms with Crippen LogP contribution >= 0.6 is 0 Å². The van der Waals surface area contributed by atoms with E-state index >= 15 is 0 Å². The number of anilines is 1. The summed E-state index contributed by atoms with van der Waals surface area (Å²) in [6, 6.07) is 6.99. The minimum Gasteiger partial charge on any atom is -0.289 e. The van der Waals surface area contributed by atoms with Gasteiger partial charge >= 0.3 is 11.9 Å². The predicted octanol–water partition coefficient (Wildman–Crippen LogP) is 3.20. The lowest BCUT2D eigenvalue weighted by Crippen LogP contribution is -2.14. The number of nitrogens with one attached hydrogen (secondary N) is 3. The molecule has 28 heavy (non-hydrogen) atoms. The zero-order valence-corrected chi connectivity index (χ0v) is 15.5. The molecule has 7 nitrogen and oxygen atoms in total. The topological polar surface area (TPSA) is 108 Å². The summed E-state index contributed by atoms with van der Waals surface area (Å²) in [5.41, 5.74) is -0.612. The molecule has 0 aliphatic heterocycles. The van der Waals surface area contributed by atoms with Gasteiger partial charge in [-0.25, -0.2) is 18.3 Å². The molecule has 0 amide bonds. The van der Waals surface area contributed by atoms with Gasteiger partial charge in [-0.1, -0.05) is 6.07 Å². The number of halogens is 3. The maximum atomic E-state index is 13.2. The van der Waals surface area contributed by atoms with Crippen molar-refractivity contribution in [3.63, 3.8) is 0 Å². The minimum absolute atomic E-state index is 0.0808. The molecule has 0 unspecified atom stereocenters. The van der Waals surface area contributed by atoms with Gasteiger partial charge in [0.25, 0.3) is 10.0 Å². The van der Waals surface area contributed by atoms with E-state index in [-0.39, 0.29) is 22.0 Å². The van der Waals surface area contributed by atoms with Crippen LogP contribution in [0.3, 0.4) is 0 Å². The lowest BCUT2D eigenvalue weighted by molar-refractivity contribution is -0.137. The van der Waals surface area contributed by atoms with Crippen LogP contribution in [0.4, 0.5) is 18.9 Å². The number of benzene rings is 2. The number of alkyl halides is 3. The maximum absolute atomic E-state index is 13.2. The molecule has 0 saturated carbocycles. The number of sulfonamides is 1. The normalized spacial score (nSPS) is 12.2. The Morgan fingerprint density at radius 3 is 2.32 bits per heavy atom.